The van der Waals surface area contributed by atoms with E-state index in [1.165, 1.54) is 7.05 Å². The highest BCUT2D eigenvalue weighted by Gasteiger charge is 2.30. The Balaban J connectivity index is 1.91. The first-order chi connectivity index (χ1) is 13.8. The van der Waals surface area contributed by atoms with E-state index in [-0.39, 0.29) is 35.7 Å². The topological polar surface area (TPSA) is 129 Å². The van der Waals surface area contributed by atoms with Crippen LogP contribution in [0.3, 0.4) is 0 Å². The second-order valence-corrected chi connectivity index (χ2v) is 6.33. The van der Waals surface area contributed by atoms with Gasteiger partial charge in [0.2, 0.25) is 0 Å². The standard InChI is InChI=1S/C19H20N4O6/c1-4-28-17(25)14-10(2)20-19(27)21-13(14)9-29-18(26)15-11-7-5-6-8-12(11)16(24)23(3)22-15/h5-8,10H,4,9H2,1-3H3,(H2,20,21,27)/t10-/m1/s1. The van der Waals surface area contributed by atoms with Crippen LogP contribution in [-0.4, -0.2) is 47.0 Å². The summed E-state index contributed by atoms with van der Waals surface area (Å²) < 4.78 is 11.4. The molecular formula is C19H20N4O6. The van der Waals surface area contributed by atoms with Gasteiger partial charge in [0.1, 0.15) is 6.61 Å². The molecule has 0 bridgehead atoms. The maximum absolute atomic E-state index is 12.7. The fourth-order valence-corrected chi connectivity index (χ4v) is 3.05. The van der Waals surface area contributed by atoms with Crippen LogP contribution in [0, 0.1) is 0 Å². The van der Waals surface area contributed by atoms with Crippen LogP contribution in [0.5, 0.6) is 0 Å². The molecule has 0 unspecified atom stereocenters. The van der Waals surface area contributed by atoms with Gasteiger partial charge in [0, 0.05) is 12.4 Å². The number of aryl methyl sites for hydroxylation is 1. The summed E-state index contributed by atoms with van der Waals surface area (Å²) in [5.41, 5.74) is -0.0992. The molecule has 1 aliphatic rings. The SMILES string of the molecule is CCOC(=O)C1=C(COC(=O)c2nn(C)c(=O)c3ccccc23)NC(=O)N[C@@H]1C. The quantitative estimate of drug-likeness (QED) is 0.704. The summed E-state index contributed by atoms with van der Waals surface area (Å²) in [4.78, 5) is 48.9. The normalized spacial score (nSPS) is 16.2. The third kappa shape index (κ3) is 3.96. The zero-order valence-electron chi connectivity index (χ0n) is 16.1. The lowest BCUT2D eigenvalue weighted by atomic mass is 10.0. The predicted octanol–water partition coefficient (Wildman–Crippen LogP) is 0.609. The molecule has 2 heterocycles. The summed E-state index contributed by atoms with van der Waals surface area (Å²) in [5, 5.41) is 9.71. The maximum Gasteiger partial charge on any atom is 0.359 e. The van der Waals surface area contributed by atoms with Crippen LogP contribution in [0.4, 0.5) is 4.79 Å². The molecule has 2 amide bonds. The maximum atomic E-state index is 12.7. The zero-order valence-corrected chi connectivity index (χ0v) is 16.1. The molecule has 1 atom stereocenters. The highest BCUT2D eigenvalue weighted by molar-refractivity contribution is 6.02. The van der Waals surface area contributed by atoms with Crippen LogP contribution in [0.25, 0.3) is 10.8 Å². The lowest BCUT2D eigenvalue weighted by molar-refractivity contribution is -0.139. The van der Waals surface area contributed by atoms with Gasteiger partial charge in [0.25, 0.3) is 5.56 Å². The lowest BCUT2D eigenvalue weighted by Crippen LogP contribution is -2.50. The van der Waals surface area contributed by atoms with Gasteiger partial charge in [-0.05, 0) is 19.9 Å². The van der Waals surface area contributed by atoms with Crippen molar-refractivity contribution in [1.82, 2.24) is 20.4 Å². The molecular weight excluding hydrogens is 380 g/mol. The third-order valence-corrected chi connectivity index (χ3v) is 4.36. The van der Waals surface area contributed by atoms with Gasteiger partial charge in [0.15, 0.2) is 5.69 Å². The van der Waals surface area contributed by atoms with Crippen molar-refractivity contribution >= 4 is 28.7 Å². The van der Waals surface area contributed by atoms with E-state index in [0.717, 1.165) is 4.68 Å². The minimum absolute atomic E-state index is 0.0469. The molecule has 0 fully saturated rings. The van der Waals surface area contributed by atoms with E-state index in [2.05, 4.69) is 15.7 Å². The molecule has 2 N–H and O–H groups in total. The molecule has 0 saturated heterocycles. The lowest BCUT2D eigenvalue weighted by Gasteiger charge is -2.26. The second kappa shape index (κ2) is 8.13. The number of nitrogens with one attached hydrogen (secondary N) is 2. The summed E-state index contributed by atoms with van der Waals surface area (Å²) in [6, 6.07) is 5.40. The molecule has 29 heavy (non-hydrogen) atoms. The molecule has 1 aromatic heterocycles. The summed E-state index contributed by atoms with van der Waals surface area (Å²) in [6.07, 6.45) is 0. The van der Waals surface area contributed by atoms with Gasteiger partial charge in [0.05, 0.1) is 29.3 Å². The number of carbonyl (C=O) groups excluding carboxylic acids is 3. The fraction of sp³-hybridized carbons (Fsp3) is 0.316. The number of hydrogen-bond donors (Lipinski definition) is 2. The van der Waals surface area contributed by atoms with Crippen LogP contribution < -0.4 is 16.2 Å². The Hall–Kier alpha value is -3.69. The summed E-state index contributed by atoms with van der Waals surface area (Å²) in [5.74, 6) is -1.42. The number of rotatable bonds is 5. The number of ether oxygens (including phenoxy) is 2. The number of fused-ring (bicyclic) bond motifs is 1. The van der Waals surface area contributed by atoms with Gasteiger partial charge in [-0.25, -0.2) is 19.1 Å². The Labute approximate surface area is 165 Å². The van der Waals surface area contributed by atoms with Crippen molar-refractivity contribution in [3.8, 4) is 0 Å². The van der Waals surface area contributed by atoms with Gasteiger partial charge in [-0.3, -0.25) is 4.79 Å². The largest absolute Gasteiger partial charge is 0.463 e. The van der Waals surface area contributed by atoms with E-state index in [0.29, 0.717) is 10.8 Å². The van der Waals surface area contributed by atoms with Crippen LogP contribution in [0.1, 0.15) is 24.3 Å². The minimum atomic E-state index is -0.798. The van der Waals surface area contributed by atoms with Crippen LogP contribution >= 0.6 is 0 Å². The first kappa shape index (κ1) is 20.1. The first-order valence-corrected chi connectivity index (χ1v) is 8.94. The predicted molar refractivity (Wildman–Crippen MR) is 102 cm³/mol. The zero-order chi connectivity index (χ0) is 21.1. The van der Waals surface area contributed by atoms with E-state index in [1.807, 2.05) is 0 Å². The van der Waals surface area contributed by atoms with E-state index < -0.39 is 24.0 Å². The van der Waals surface area contributed by atoms with Crippen molar-refractivity contribution in [2.45, 2.75) is 19.9 Å². The molecule has 0 saturated carbocycles. The summed E-state index contributed by atoms with van der Waals surface area (Å²) >= 11 is 0. The van der Waals surface area contributed by atoms with Crippen molar-refractivity contribution in [3.05, 3.63) is 51.6 Å². The smallest absolute Gasteiger partial charge is 0.359 e. The number of esters is 2. The second-order valence-electron chi connectivity index (χ2n) is 6.33. The Kier molecular flexibility index (Phi) is 5.62. The third-order valence-electron chi connectivity index (χ3n) is 4.36. The van der Waals surface area contributed by atoms with Gasteiger partial charge >= 0.3 is 18.0 Å². The molecule has 10 heteroatoms. The molecule has 1 aromatic carbocycles. The molecule has 0 aliphatic carbocycles. The number of urea groups is 1. The summed E-state index contributed by atoms with van der Waals surface area (Å²) in [6.45, 7) is 3.07. The van der Waals surface area contributed by atoms with Crippen LogP contribution in [-0.2, 0) is 21.3 Å². The minimum Gasteiger partial charge on any atom is -0.463 e. The van der Waals surface area contributed by atoms with Crippen molar-refractivity contribution in [3.63, 3.8) is 0 Å². The average molecular weight is 400 g/mol. The Morgan fingerprint density at radius 1 is 1.14 bits per heavy atom. The number of amides is 2. The van der Waals surface area contributed by atoms with Gasteiger partial charge in [-0.15, -0.1) is 0 Å². The van der Waals surface area contributed by atoms with Gasteiger partial charge in [-0.2, -0.15) is 5.10 Å². The summed E-state index contributed by atoms with van der Waals surface area (Å²) in [7, 11) is 1.43. The van der Waals surface area contributed by atoms with Crippen molar-refractivity contribution in [1.29, 1.82) is 0 Å². The van der Waals surface area contributed by atoms with Gasteiger partial charge in [-0.1, -0.05) is 18.2 Å². The number of hydrogen-bond acceptors (Lipinski definition) is 7. The van der Waals surface area contributed by atoms with E-state index in [1.54, 1.807) is 38.1 Å². The molecule has 152 valence electrons. The van der Waals surface area contributed by atoms with Crippen molar-refractivity contribution in [2.75, 3.05) is 13.2 Å². The van der Waals surface area contributed by atoms with E-state index in [9.17, 15) is 19.2 Å². The fourth-order valence-electron chi connectivity index (χ4n) is 3.05. The molecule has 0 spiro atoms. The molecule has 1 aliphatic heterocycles. The molecule has 10 nitrogen and oxygen atoms in total. The van der Waals surface area contributed by atoms with Crippen LogP contribution in [0.15, 0.2) is 40.3 Å². The highest BCUT2D eigenvalue weighted by Crippen LogP contribution is 2.17. The van der Waals surface area contributed by atoms with Crippen molar-refractivity contribution in [2.24, 2.45) is 7.05 Å². The highest BCUT2D eigenvalue weighted by atomic mass is 16.5. The Morgan fingerprint density at radius 2 is 1.83 bits per heavy atom. The van der Waals surface area contributed by atoms with E-state index >= 15 is 0 Å². The first-order valence-electron chi connectivity index (χ1n) is 8.94. The number of nitrogens with zero attached hydrogens (tertiary/aromatic N) is 2. The number of carbonyl (C=O) groups is 3. The van der Waals surface area contributed by atoms with Gasteiger partial charge < -0.3 is 20.1 Å². The Bertz CT molecular complexity index is 1090. The monoisotopic (exact) mass is 400 g/mol. The Morgan fingerprint density at radius 3 is 2.52 bits per heavy atom. The molecule has 2 aromatic rings. The number of benzene rings is 1. The number of aromatic nitrogens is 2. The molecule has 3 rings (SSSR count). The van der Waals surface area contributed by atoms with E-state index in [4.69, 9.17) is 9.47 Å². The van der Waals surface area contributed by atoms with Crippen LogP contribution in [0.2, 0.25) is 0 Å². The van der Waals surface area contributed by atoms with Crippen molar-refractivity contribution < 1.29 is 23.9 Å². The molecule has 0 radical (unpaired) electrons. The average Bonchev–Trinajstić information content (AvgIpc) is 2.68.